The van der Waals surface area contributed by atoms with E-state index in [1.54, 1.807) is 6.20 Å². The molecule has 0 unspecified atom stereocenters. The largest absolute Gasteiger partial charge is 0.470 e. The number of aromatic nitrogens is 1. The molecule has 0 atom stereocenters. The first-order chi connectivity index (χ1) is 10.2. The summed E-state index contributed by atoms with van der Waals surface area (Å²) >= 11 is 3.42. The summed E-state index contributed by atoms with van der Waals surface area (Å²) in [6, 6.07) is 3.77. The van der Waals surface area contributed by atoms with Crippen LogP contribution in [0.15, 0.2) is 22.8 Å². The highest BCUT2D eigenvalue weighted by molar-refractivity contribution is 9.10. The van der Waals surface area contributed by atoms with Crippen LogP contribution < -0.4 is 4.74 Å². The van der Waals surface area contributed by atoms with Crippen LogP contribution in [0.4, 0.5) is 0 Å². The van der Waals surface area contributed by atoms with Gasteiger partial charge < -0.3 is 9.64 Å². The molecular weight excluding hydrogens is 332 g/mol. The Hall–Kier alpha value is -1.10. The van der Waals surface area contributed by atoms with Gasteiger partial charge >= 0.3 is 0 Å². The van der Waals surface area contributed by atoms with Gasteiger partial charge in [-0.25, -0.2) is 4.98 Å². The molecule has 5 heteroatoms. The summed E-state index contributed by atoms with van der Waals surface area (Å²) in [6.07, 6.45) is 8.87. The van der Waals surface area contributed by atoms with Gasteiger partial charge in [-0.2, -0.15) is 0 Å². The second-order valence-electron chi connectivity index (χ2n) is 6.04. The fourth-order valence-corrected chi connectivity index (χ4v) is 3.45. The predicted molar refractivity (Wildman–Crippen MR) is 84.1 cm³/mol. The summed E-state index contributed by atoms with van der Waals surface area (Å²) in [4.78, 5) is 18.3. The highest BCUT2D eigenvalue weighted by Gasteiger charge is 2.33. The quantitative estimate of drug-likeness (QED) is 0.833. The van der Waals surface area contributed by atoms with Gasteiger partial charge in [-0.1, -0.05) is 19.3 Å². The minimum atomic E-state index is 0.0755. The van der Waals surface area contributed by atoms with E-state index < -0.39 is 0 Å². The monoisotopic (exact) mass is 352 g/mol. The molecule has 1 aliphatic heterocycles. The van der Waals surface area contributed by atoms with Gasteiger partial charge in [0.25, 0.3) is 0 Å². The number of nitrogens with zero attached hydrogens (tertiary/aromatic N) is 2. The first-order valence-corrected chi connectivity index (χ1v) is 8.56. The Bertz CT molecular complexity index is 497. The standard InChI is InChI=1S/C16H21BrN2O2/c17-14-7-4-8-18-16(14)21-13-10-19(11-13)15(20)9-12-5-2-1-3-6-12/h4,7-8,12-13H,1-3,5-6,9-11H2. The van der Waals surface area contributed by atoms with E-state index in [1.165, 1.54) is 32.1 Å². The minimum Gasteiger partial charge on any atom is -0.470 e. The molecule has 1 aromatic rings. The van der Waals surface area contributed by atoms with Crippen molar-refractivity contribution in [2.75, 3.05) is 13.1 Å². The van der Waals surface area contributed by atoms with E-state index in [9.17, 15) is 4.79 Å². The van der Waals surface area contributed by atoms with Crippen molar-refractivity contribution in [3.05, 3.63) is 22.8 Å². The molecule has 0 bridgehead atoms. The summed E-state index contributed by atoms with van der Waals surface area (Å²) in [5, 5.41) is 0. The third-order valence-electron chi connectivity index (χ3n) is 4.39. The maximum absolute atomic E-state index is 12.2. The van der Waals surface area contributed by atoms with Crippen LogP contribution in [-0.2, 0) is 4.79 Å². The van der Waals surface area contributed by atoms with Gasteiger partial charge in [-0.05, 0) is 46.8 Å². The van der Waals surface area contributed by atoms with Crippen LogP contribution in [0.1, 0.15) is 38.5 Å². The number of rotatable bonds is 4. The third kappa shape index (κ3) is 3.76. The summed E-state index contributed by atoms with van der Waals surface area (Å²) < 4.78 is 6.66. The number of likely N-dealkylation sites (tertiary alicyclic amines) is 1. The van der Waals surface area contributed by atoms with Gasteiger partial charge in [0.15, 0.2) is 0 Å². The molecule has 1 amide bonds. The van der Waals surface area contributed by atoms with Gasteiger partial charge in [-0.3, -0.25) is 4.79 Å². The van der Waals surface area contributed by atoms with Crippen LogP contribution >= 0.6 is 15.9 Å². The third-order valence-corrected chi connectivity index (χ3v) is 5.00. The topological polar surface area (TPSA) is 42.4 Å². The number of carbonyl (C=O) groups excluding carboxylic acids is 1. The highest BCUT2D eigenvalue weighted by atomic mass is 79.9. The van der Waals surface area contributed by atoms with Crippen LogP contribution in [0, 0.1) is 5.92 Å². The molecule has 1 saturated carbocycles. The number of ether oxygens (including phenoxy) is 1. The molecule has 1 aromatic heterocycles. The highest BCUT2D eigenvalue weighted by Crippen LogP contribution is 2.28. The first kappa shape index (κ1) is 14.8. The van der Waals surface area contributed by atoms with Gasteiger partial charge in [0.2, 0.25) is 11.8 Å². The van der Waals surface area contributed by atoms with E-state index in [0.717, 1.165) is 10.9 Å². The Morgan fingerprint density at radius 3 is 2.81 bits per heavy atom. The number of halogens is 1. The molecule has 4 nitrogen and oxygen atoms in total. The molecule has 0 spiro atoms. The Morgan fingerprint density at radius 1 is 1.33 bits per heavy atom. The first-order valence-electron chi connectivity index (χ1n) is 7.77. The van der Waals surface area contributed by atoms with Crippen molar-refractivity contribution in [3.8, 4) is 5.88 Å². The van der Waals surface area contributed by atoms with Crippen LogP contribution in [0.25, 0.3) is 0 Å². The molecule has 0 N–H and O–H groups in total. The maximum Gasteiger partial charge on any atom is 0.228 e. The van der Waals surface area contributed by atoms with Crippen molar-refractivity contribution >= 4 is 21.8 Å². The van der Waals surface area contributed by atoms with Crippen molar-refractivity contribution in [3.63, 3.8) is 0 Å². The molecule has 1 saturated heterocycles. The number of amides is 1. The minimum absolute atomic E-state index is 0.0755. The van der Waals surface area contributed by atoms with Crippen LogP contribution in [0.5, 0.6) is 5.88 Å². The van der Waals surface area contributed by atoms with E-state index in [0.29, 0.717) is 30.8 Å². The van der Waals surface area contributed by atoms with E-state index in [4.69, 9.17) is 4.74 Å². The average Bonchev–Trinajstić information content (AvgIpc) is 2.45. The predicted octanol–water partition coefficient (Wildman–Crippen LogP) is 3.40. The van der Waals surface area contributed by atoms with E-state index in [-0.39, 0.29) is 6.10 Å². The zero-order valence-electron chi connectivity index (χ0n) is 12.1. The molecule has 21 heavy (non-hydrogen) atoms. The lowest BCUT2D eigenvalue weighted by Crippen LogP contribution is -2.56. The van der Waals surface area contributed by atoms with Crippen LogP contribution in [0.2, 0.25) is 0 Å². The molecule has 2 fully saturated rings. The Kier molecular flexibility index (Phi) is 4.78. The Balaban J connectivity index is 1.43. The lowest BCUT2D eigenvalue weighted by molar-refractivity contribution is -0.141. The second kappa shape index (κ2) is 6.77. The van der Waals surface area contributed by atoms with Gasteiger partial charge in [0, 0.05) is 12.6 Å². The van der Waals surface area contributed by atoms with Crippen LogP contribution in [0.3, 0.4) is 0 Å². The fraction of sp³-hybridized carbons (Fsp3) is 0.625. The molecule has 1 aliphatic carbocycles. The van der Waals surface area contributed by atoms with Crippen molar-refractivity contribution in [1.29, 1.82) is 0 Å². The zero-order valence-corrected chi connectivity index (χ0v) is 13.7. The fourth-order valence-electron chi connectivity index (χ4n) is 3.10. The molecule has 114 valence electrons. The summed E-state index contributed by atoms with van der Waals surface area (Å²) in [7, 11) is 0. The molecular formula is C16H21BrN2O2. The summed E-state index contributed by atoms with van der Waals surface area (Å²) in [6.45, 7) is 1.38. The van der Waals surface area contributed by atoms with Gasteiger partial charge in [0.05, 0.1) is 17.6 Å². The van der Waals surface area contributed by atoms with Crippen molar-refractivity contribution in [2.45, 2.75) is 44.6 Å². The smallest absolute Gasteiger partial charge is 0.228 e. The second-order valence-corrected chi connectivity index (χ2v) is 6.89. The molecule has 2 heterocycles. The SMILES string of the molecule is O=C(CC1CCCCC1)N1CC(Oc2ncccc2Br)C1. The van der Waals surface area contributed by atoms with Gasteiger partial charge in [-0.15, -0.1) is 0 Å². The van der Waals surface area contributed by atoms with E-state index in [2.05, 4.69) is 20.9 Å². The lowest BCUT2D eigenvalue weighted by Gasteiger charge is -2.39. The summed E-state index contributed by atoms with van der Waals surface area (Å²) in [5.41, 5.74) is 0. The normalized spacial score (nSPS) is 20.1. The Morgan fingerprint density at radius 2 is 2.10 bits per heavy atom. The Labute approximate surface area is 134 Å². The maximum atomic E-state index is 12.2. The van der Waals surface area contributed by atoms with Crippen molar-refractivity contribution in [1.82, 2.24) is 9.88 Å². The average molecular weight is 353 g/mol. The summed E-state index contributed by atoms with van der Waals surface area (Å²) in [5.74, 6) is 1.51. The van der Waals surface area contributed by atoms with E-state index >= 15 is 0 Å². The number of pyridine rings is 1. The molecule has 0 radical (unpaired) electrons. The molecule has 0 aromatic carbocycles. The van der Waals surface area contributed by atoms with E-state index in [1.807, 2.05) is 17.0 Å². The molecule has 3 rings (SSSR count). The zero-order chi connectivity index (χ0) is 14.7. The van der Waals surface area contributed by atoms with Crippen molar-refractivity contribution in [2.24, 2.45) is 5.92 Å². The number of hydrogen-bond donors (Lipinski definition) is 0. The molecule has 2 aliphatic rings. The van der Waals surface area contributed by atoms with Crippen molar-refractivity contribution < 1.29 is 9.53 Å². The lowest BCUT2D eigenvalue weighted by atomic mass is 9.86. The number of carbonyl (C=O) groups is 1. The van der Waals surface area contributed by atoms with Gasteiger partial charge in [0.1, 0.15) is 6.10 Å². The number of hydrogen-bond acceptors (Lipinski definition) is 3. The van der Waals surface area contributed by atoms with Crippen LogP contribution in [-0.4, -0.2) is 35.0 Å².